The number of benzene rings is 1. The van der Waals surface area contributed by atoms with Crippen molar-refractivity contribution in [1.29, 1.82) is 0 Å². The van der Waals surface area contributed by atoms with Crippen LogP contribution in [-0.4, -0.2) is 18.5 Å². The van der Waals surface area contributed by atoms with E-state index in [1.807, 2.05) is 0 Å². The van der Waals surface area contributed by atoms with E-state index in [1.165, 1.54) is 0 Å². The third-order valence-corrected chi connectivity index (χ3v) is 2.77. The smallest absolute Gasteiger partial charge is 0.222 e. The van der Waals surface area contributed by atoms with E-state index >= 15 is 0 Å². The number of carbonyl (C=O) groups excluding carboxylic acids is 1. The zero-order valence-corrected chi connectivity index (χ0v) is 9.30. The fourth-order valence-electron chi connectivity index (χ4n) is 1.93. The van der Waals surface area contributed by atoms with Crippen LogP contribution < -0.4 is 10.6 Å². The number of hydrogen-bond donors (Lipinski definition) is 2. The quantitative estimate of drug-likeness (QED) is 0.830. The van der Waals surface area contributed by atoms with Gasteiger partial charge < -0.3 is 10.6 Å². The van der Waals surface area contributed by atoms with E-state index in [4.69, 9.17) is 0 Å². The molecule has 1 amide bonds. The van der Waals surface area contributed by atoms with Crippen LogP contribution in [0.5, 0.6) is 0 Å². The summed E-state index contributed by atoms with van der Waals surface area (Å²) >= 11 is 0. The molecule has 2 N–H and O–H groups in total. The van der Waals surface area contributed by atoms with Gasteiger partial charge in [-0.3, -0.25) is 4.79 Å². The average Bonchev–Trinajstić information content (AvgIpc) is 2.48. The van der Waals surface area contributed by atoms with Crippen molar-refractivity contribution in [2.75, 3.05) is 11.9 Å². The highest BCUT2D eigenvalue weighted by molar-refractivity contribution is 5.77. The molecule has 1 atom stereocenters. The largest absolute Gasteiger partial charge is 0.379 e. The second-order valence-corrected chi connectivity index (χ2v) is 4.16. The van der Waals surface area contributed by atoms with E-state index in [2.05, 4.69) is 10.6 Å². The molecule has 92 valence electrons. The minimum Gasteiger partial charge on any atom is -0.379 e. The average molecular weight is 240 g/mol. The molecule has 0 radical (unpaired) electrons. The molecule has 1 aromatic rings. The van der Waals surface area contributed by atoms with Crippen molar-refractivity contribution < 1.29 is 13.6 Å². The zero-order chi connectivity index (χ0) is 12.3. The van der Waals surface area contributed by atoms with Crippen LogP contribution in [0.3, 0.4) is 0 Å². The maximum Gasteiger partial charge on any atom is 0.222 e. The number of amides is 1. The van der Waals surface area contributed by atoms with Crippen molar-refractivity contribution in [3.63, 3.8) is 0 Å². The van der Waals surface area contributed by atoms with Gasteiger partial charge in [-0.25, -0.2) is 8.78 Å². The topological polar surface area (TPSA) is 41.1 Å². The molecule has 1 aromatic carbocycles. The molecule has 1 unspecified atom stereocenters. The van der Waals surface area contributed by atoms with Crippen LogP contribution >= 0.6 is 0 Å². The van der Waals surface area contributed by atoms with E-state index in [0.717, 1.165) is 31.0 Å². The van der Waals surface area contributed by atoms with Gasteiger partial charge in [0.15, 0.2) is 0 Å². The van der Waals surface area contributed by atoms with Gasteiger partial charge in [0.05, 0.1) is 5.69 Å². The summed E-state index contributed by atoms with van der Waals surface area (Å²) in [6, 6.07) is 3.11. The predicted molar refractivity (Wildman–Crippen MR) is 60.6 cm³/mol. The van der Waals surface area contributed by atoms with E-state index in [1.54, 1.807) is 0 Å². The Hall–Kier alpha value is -1.65. The molecule has 1 aliphatic rings. The van der Waals surface area contributed by atoms with Gasteiger partial charge in [0.2, 0.25) is 5.91 Å². The molecular weight excluding hydrogens is 226 g/mol. The van der Waals surface area contributed by atoms with Crippen molar-refractivity contribution in [2.24, 2.45) is 0 Å². The summed E-state index contributed by atoms with van der Waals surface area (Å²) in [5.74, 6) is -1.06. The molecule has 1 saturated heterocycles. The van der Waals surface area contributed by atoms with Crippen LogP contribution in [0.15, 0.2) is 18.2 Å². The number of rotatable bonds is 2. The molecule has 5 heteroatoms. The molecule has 2 rings (SSSR count). The van der Waals surface area contributed by atoms with Crippen LogP contribution in [0.4, 0.5) is 14.5 Å². The number of hydrogen-bond acceptors (Lipinski definition) is 2. The molecule has 0 bridgehead atoms. The number of halogens is 2. The highest BCUT2D eigenvalue weighted by Gasteiger charge is 2.18. The Kier molecular flexibility index (Phi) is 3.56. The molecule has 0 aliphatic carbocycles. The fourth-order valence-corrected chi connectivity index (χ4v) is 1.93. The highest BCUT2D eigenvalue weighted by Crippen LogP contribution is 2.19. The van der Waals surface area contributed by atoms with E-state index in [9.17, 15) is 13.6 Å². The van der Waals surface area contributed by atoms with Gasteiger partial charge in [0.1, 0.15) is 11.6 Å². The number of anilines is 1. The first-order valence-electron chi connectivity index (χ1n) is 5.63. The van der Waals surface area contributed by atoms with Gasteiger partial charge in [0, 0.05) is 19.0 Å². The highest BCUT2D eigenvalue weighted by atomic mass is 19.1. The Morgan fingerprint density at radius 3 is 3.00 bits per heavy atom. The molecule has 17 heavy (non-hydrogen) atoms. The monoisotopic (exact) mass is 240 g/mol. The third kappa shape index (κ3) is 3.15. The van der Waals surface area contributed by atoms with Crippen molar-refractivity contribution in [3.05, 3.63) is 29.8 Å². The van der Waals surface area contributed by atoms with Gasteiger partial charge in [-0.15, -0.1) is 0 Å². The van der Waals surface area contributed by atoms with Crippen molar-refractivity contribution in [1.82, 2.24) is 5.32 Å². The molecule has 1 fully saturated rings. The SMILES string of the molecule is O=C1CC(Nc2cc(F)ccc2F)CCCN1. The third-order valence-electron chi connectivity index (χ3n) is 2.77. The molecule has 0 aromatic heterocycles. The lowest BCUT2D eigenvalue weighted by Gasteiger charge is -2.17. The van der Waals surface area contributed by atoms with Crippen LogP contribution in [0.25, 0.3) is 0 Å². The van der Waals surface area contributed by atoms with E-state index < -0.39 is 11.6 Å². The van der Waals surface area contributed by atoms with Gasteiger partial charge in [0.25, 0.3) is 0 Å². The zero-order valence-electron chi connectivity index (χ0n) is 9.30. The Balaban J connectivity index is 2.08. The summed E-state index contributed by atoms with van der Waals surface area (Å²) in [7, 11) is 0. The summed E-state index contributed by atoms with van der Waals surface area (Å²) in [6.45, 7) is 0.642. The second kappa shape index (κ2) is 5.12. The van der Waals surface area contributed by atoms with Crippen LogP contribution in [0.1, 0.15) is 19.3 Å². The minimum atomic E-state index is -0.504. The maximum absolute atomic E-state index is 13.4. The maximum atomic E-state index is 13.4. The molecular formula is C12H14F2N2O. The number of carbonyl (C=O) groups is 1. The predicted octanol–water partition coefficient (Wildman–Crippen LogP) is 2.05. The first-order valence-corrected chi connectivity index (χ1v) is 5.63. The summed E-state index contributed by atoms with van der Waals surface area (Å²) in [5, 5.41) is 5.62. The standard InChI is InChI=1S/C12H14F2N2O/c13-8-3-4-10(14)11(6-8)16-9-2-1-5-15-12(17)7-9/h3-4,6,9,16H,1-2,5,7H2,(H,15,17). The molecule has 3 nitrogen and oxygen atoms in total. The molecule has 1 aliphatic heterocycles. The van der Waals surface area contributed by atoms with Crippen molar-refractivity contribution in [3.8, 4) is 0 Å². The normalized spacial score (nSPS) is 20.6. The minimum absolute atomic E-state index is 0.0585. The Labute approximate surface area is 98.2 Å². The fraction of sp³-hybridized carbons (Fsp3) is 0.417. The number of nitrogens with one attached hydrogen (secondary N) is 2. The van der Waals surface area contributed by atoms with Gasteiger partial charge in [-0.05, 0) is 31.0 Å². The van der Waals surface area contributed by atoms with Crippen molar-refractivity contribution in [2.45, 2.75) is 25.3 Å². The summed E-state index contributed by atoms with van der Waals surface area (Å²) in [4.78, 5) is 11.3. The van der Waals surface area contributed by atoms with E-state index in [-0.39, 0.29) is 24.1 Å². The summed E-state index contributed by atoms with van der Waals surface area (Å²) < 4.78 is 26.4. The Morgan fingerprint density at radius 2 is 2.18 bits per heavy atom. The molecule has 0 spiro atoms. The van der Waals surface area contributed by atoms with Crippen LogP contribution in [0, 0.1) is 11.6 Å². The first-order chi connectivity index (χ1) is 8.15. The van der Waals surface area contributed by atoms with Crippen molar-refractivity contribution >= 4 is 11.6 Å². The van der Waals surface area contributed by atoms with Crippen LogP contribution in [0.2, 0.25) is 0 Å². The Morgan fingerprint density at radius 1 is 1.35 bits per heavy atom. The second-order valence-electron chi connectivity index (χ2n) is 4.16. The van der Waals surface area contributed by atoms with Gasteiger partial charge in [-0.1, -0.05) is 0 Å². The summed E-state index contributed by atoms with van der Waals surface area (Å²) in [5.41, 5.74) is 0.115. The first kappa shape index (κ1) is 11.8. The van der Waals surface area contributed by atoms with Crippen LogP contribution in [-0.2, 0) is 4.79 Å². The molecule has 0 saturated carbocycles. The Bertz CT molecular complexity index is 423. The molecule has 1 heterocycles. The van der Waals surface area contributed by atoms with Gasteiger partial charge in [-0.2, -0.15) is 0 Å². The lowest BCUT2D eigenvalue weighted by atomic mass is 10.1. The van der Waals surface area contributed by atoms with Gasteiger partial charge >= 0.3 is 0 Å². The summed E-state index contributed by atoms with van der Waals surface area (Å²) in [6.07, 6.45) is 1.88. The lowest BCUT2D eigenvalue weighted by molar-refractivity contribution is -0.120. The lowest BCUT2D eigenvalue weighted by Crippen LogP contribution is -2.27. The van der Waals surface area contributed by atoms with E-state index in [0.29, 0.717) is 6.54 Å².